The zero-order valence-corrected chi connectivity index (χ0v) is 15.8. The van der Waals surface area contributed by atoms with Gasteiger partial charge in [0.1, 0.15) is 22.8 Å². The highest BCUT2D eigenvalue weighted by atomic mass is 19.1. The molecule has 0 aliphatic carbocycles. The predicted octanol–water partition coefficient (Wildman–Crippen LogP) is 2.24. The van der Waals surface area contributed by atoms with E-state index >= 15 is 4.39 Å². The normalized spacial score (nSPS) is 16.6. The summed E-state index contributed by atoms with van der Waals surface area (Å²) in [6.45, 7) is 1.88. The molecule has 0 amide bonds. The number of halogens is 1. The van der Waals surface area contributed by atoms with Crippen LogP contribution in [0.4, 0.5) is 10.2 Å². The molecule has 1 aromatic carbocycles. The number of ether oxygens (including phenoxy) is 1. The second-order valence-corrected chi connectivity index (χ2v) is 6.73. The number of phenolic OH excluding ortho intramolecular Hbond substituents is 1. The number of fused-ring (bicyclic) bond motifs is 1. The summed E-state index contributed by atoms with van der Waals surface area (Å²) in [5.41, 5.74) is 0.623. The fourth-order valence-electron chi connectivity index (χ4n) is 3.47. The molecular weight excluding hydrogens is 375 g/mol. The number of rotatable bonds is 4. The van der Waals surface area contributed by atoms with Crippen LogP contribution in [0.3, 0.4) is 0 Å². The third-order valence-electron chi connectivity index (χ3n) is 4.84. The molecule has 1 aliphatic heterocycles. The topological polar surface area (TPSA) is 107 Å². The summed E-state index contributed by atoms with van der Waals surface area (Å²) in [6, 6.07) is 8.45. The highest BCUT2D eigenvalue weighted by molar-refractivity contribution is 5.92. The second kappa shape index (κ2) is 7.85. The van der Waals surface area contributed by atoms with E-state index in [1.54, 1.807) is 12.1 Å². The van der Waals surface area contributed by atoms with Gasteiger partial charge in [0, 0.05) is 37.4 Å². The smallest absolute Gasteiger partial charge is 0.318 e. The number of nitriles is 1. The third-order valence-corrected chi connectivity index (χ3v) is 4.84. The molecule has 9 heteroatoms. The Labute approximate surface area is 166 Å². The Morgan fingerprint density at radius 1 is 1.41 bits per heavy atom. The molecule has 0 spiro atoms. The molecule has 0 bridgehead atoms. The first-order valence-corrected chi connectivity index (χ1v) is 9.15. The Kier molecular flexibility index (Phi) is 5.10. The molecule has 2 aromatic heterocycles. The van der Waals surface area contributed by atoms with Gasteiger partial charge in [0.2, 0.25) is 0 Å². The molecule has 0 saturated carbocycles. The Bertz CT molecular complexity index is 1100. The van der Waals surface area contributed by atoms with Crippen LogP contribution in [0.1, 0.15) is 6.42 Å². The molecule has 1 fully saturated rings. The van der Waals surface area contributed by atoms with Crippen LogP contribution in [-0.2, 0) is 0 Å². The van der Waals surface area contributed by atoms with Crippen LogP contribution >= 0.6 is 0 Å². The molecule has 1 unspecified atom stereocenters. The average molecular weight is 394 g/mol. The van der Waals surface area contributed by atoms with Crippen LogP contribution in [0.5, 0.6) is 11.8 Å². The molecule has 29 heavy (non-hydrogen) atoms. The van der Waals surface area contributed by atoms with Gasteiger partial charge in [-0.2, -0.15) is 15.2 Å². The van der Waals surface area contributed by atoms with Crippen molar-refractivity contribution >= 4 is 16.7 Å². The second-order valence-electron chi connectivity index (χ2n) is 6.73. The molecule has 2 N–H and O–H groups in total. The molecule has 1 atom stereocenters. The SMILES string of the molecule is COc1nc(N2CCNC(CC#N)C2)c2cnc(-c3cccc(O)c3)c(F)c2n1. The van der Waals surface area contributed by atoms with Gasteiger partial charge in [-0.15, -0.1) is 0 Å². The summed E-state index contributed by atoms with van der Waals surface area (Å²) in [7, 11) is 1.43. The summed E-state index contributed by atoms with van der Waals surface area (Å²) in [4.78, 5) is 14.9. The number of phenols is 1. The number of anilines is 1. The Morgan fingerprint density at radius 3 is 3.03 bits per heavy atom. The Morgan fingerprint density at radius 2 is 2.28 bits per heavy atom. The number of piperazine rings is 1. The quantitative estimate of drug-likeness (QED) is 0.694. The van der Waals surface area contributed by atoms with Crippen molar-refractivity contribution in [3.8, 4) is 29.1 Å². The highest BCUT2D eigenvalue weighted by Gasteiger charge is 2.25. The Balaban J connectivity index is 1.84. The fraction of sp³-hybridized carbons (Fsp3) is 0.300. The van der Waals surface area contributed by atoms with E-state index in [1.807, 2.05) is 4.90 Å². The lowest BCUT2D eigenvalue weighted by Gasteiger charge is -2.34. The molecule has 3 aromatic rings. The van der Waals surface area contributed by atoms with Crippen LogP contribution in [-0.4, -0.2) is 52.8 Å². The first-order valence-electron chi connectivity index (χ1n) is 9.15. The number of hydrogen-bond donors (Lipinski definition) is 2. The maximum absolute atomic E-state index is 15.4. The van der Waals surface area contributed by atoms with E-state index in [-0.39, 0.29) is 29.0 Å². The number of benzene rings is 1. The number of nitrogens with one attached hydrogen (secondary N) is 1. The first kappa shape index (κ1) is 18.8. The minimum absolute atomic E-state index is 0.00543. The minimum Gasteiger partial charge on any atom is -0.508 e. The van der Waals surface area contributed by atoms with Crippen LogP contribution in [0.2, 0.25) is 0 Å². The van der Waals surface area contributed by atoms with E-state index in [0.717, 1.165) is 0 Å². The van der Waals surface area contributed by atoms with E-state index in [1.165, 1.54) is 25.4 Å². The van der Waals surface area contributed by atoms with Crippen molar-refractivity contribution in [1.29, 1.82) is 5.26 Å². The van der Waals surface area contributed by atoms with Crippen LogP contribution in [0.25, 0.3) is 22.2 Å². The monoisotopic (exact) mass is 394 g/mol. The number of nitrogens with zero attached hydrogens (tertiary/aromatic N) is 5. The number of methoxy groups -OCH3 is 1. The molecule has 3 heterocycles. The number of pyridine rings is 1. The van der Waals surface area contributed by atoms with Crippen LogP contribution in [0, 0.1) is 17.1 Å². The van der Waals surface area contributed by atoms with Crippen molar-refractivity contribution < 1.29 is 14.2 Å². The summed E-state index contributed by atoms with van der Waals surface area (Å²) in [5.74, 6) is -0.0713. The van der Waals surface area contributed by atoms with Crippen molar-refractivity contribution in [2.75, 3.05) is 31.6 Å². The lowest BCUT2D eigenvalue weighted by Crippen LogP contribution is -2.51. The van der Waals surface area contributed by atoms with Crippen molar-refractivity contribution in [2.24, 2.45) is 0 Å². The maximum Gasteiger partial charge on any atom is 0.318 e. The number of aromatic nitrogens is 3. The minimum atomic E-state index is -0.612. The summed E-state index contributed by atoms with van der Waals surface area (Å²) in [6.07, 6.45) is 1.90. The molecule has 148 valence electrons. The van der Waals surface area contributed by atoms with Crippen molar-refractivity contribution in [1.82, 2.24) is 20.3 Å². The van der Waals surface area contributed by atoms with Crippen LogP contribution < -0.4 is 15.0 Å². The predicted molar refractivity (Wildman–Crippen MR) is 105 cm³/mol. The number of hydrogen-bond acceptors (Lipinski definition) is 8. The molecular formula is C20H19FN6O2. The van der Waals surface area contributed by atoms with Gasteiger partial charge in [0.15, 0.2) is 5.82 Å². The molecule has 4 rings (SSSR count). The molecule has 1 aliphatic rings. The van der Waals surface area contributed by atoms with Gasteiger partial charge in [-0.1, -0.05) is 12.1 Å². The summed E-state index contributed by atoms with van der Waals surface area (Å²) >= 11 is 0. The lowest BCUT2D eigenvalue weighted by molar-refractivity contribution is 0.380. The van der Waals surface area contributed by atoms with Crippen molar-refractivity contribution in [3.63, 3.8) is 0 Å². The standard InChI is InChI=1S/C20H19FN6O2/c1-29-20-25-18-15(19(26-20)27-8-7-23-13(11-27)5-6-22)10-24-17(16(18)21)12-3-2-4-14(28)9-12/h2-4,9-10,13,23,28H,5,7-8,11H2,1H3. The summed E-state index contributed by atoms with van der Waals surface area (Å²) < 4.78 is 20.6. The van der Waals surface area contributed by atoms with Crippen LogP contribution in [0.15, 0.2) is 30.5 Å². The molecule has 8 nitrogen and oxygen atoms in total. The van der Waals surface area contributed by atoms with Crippen molar-refractivity contribution in [2.45, 2.75) is 12.5 Å². The molecule has 1 saturated heterocycles. The molecule has 0 radical (unpaired) electrons. The number of aromatic hydroxyl groups is 1. The first-order chi connectivity index (χ1) is 14.1. The van der Waals surface area contributed by atoms with E-state index in [0.29, 0.717) is 42.8 Å². The fourth-order valence-corrected chi connectivity index (χ4v) is 3.47. The third kappa shape index (κ3) is 3.62. The lowest BCUT2D eigenvalue weighted by atomic mass is 10.1. The van der Waals surface area contributed by atoms with Gasteiger partial charge in [0.05, 0.1) is 25.0 Å². The average Bonchev–Trinajstić information content (AvgIpc) is 2.74. The van der Waals surface area contributed by atoms with Crippen molar-refractivity contribution in [3.05, 3.63) is 36.3 Å². The van der Waals surface area contributed by atoms with Gasteiger partial charge in [-0.05, 0) is 12.1 Å². The van der Waals surface area contributed by atoms with Gasteiger partial charge in [0.25, 0.3) is 0 Å². The van der Waals surface area contributed by atoms with Gasteiger partial charge >= 0.3 is 6.01 Å². The van der Waals surface area contributed by atoms with E-state index in [9.17, 15) is 5.11 Å². The maximum atomic E-state index is 15.4. The Hall–Kier alpha value is -3.51. The largest absolute Gasteiger partial charge is 0.508 e. The van der Waals surface area contributed by atoms with Gasteiger partial charge in [-0.25, -0.2) is 4.39 Å². The van der Waals surface area contributed by atoms with Gasteiger partial charge < -0.3 is 20.1 Å². The zero-order valence-electron chi connectivity index (χ0n) is 15.8. The zero-order chi connectivity index (χ0) is 20.4. The van der Waals surface area contributed by atoms with E-state index in [4.69, 9.17) is 10.00 Å². The highest BCUT2D eigenvalue weighted by Crippen LogP contribution is 2.33. The summed E-state index contributed by atoms with van der Waals surface area (Å²) in [5, 5.41) is 22.5. The van der Waals surface area contributed by atoms with E-state index in [2.05, 4.69) is 26.3 Å². The van der Waals surface area contributed by atoms with Gasteiger partial charge in [-0.3, -0.25) is 4.98 Å². The van der Waals surface area contributed by atoms with E-state index < -0.39 is 5.82 Å².